The Morgan fingerprint density at radius 3 is 2.77 bits per heavy atom. The predicted octanol–water partition coefficient (Wildman–Crippen LogP) is 1.42. The van der Waals surface area contributed by atoms with E-state index in [-0.39, 0.29) is 13.2 Å². The van der Waals surface area contributed by atoms with Crippen LogP contribution in [0.15, 0.2) is 36.5 Å². The Balaban J connectivity index is 1.50. The molecule has 0 radical (unpaired) electrons. The van der Waals surface area contributed by atoms with E-state index in [4.69, 9.17) is 9.84 Å². The Bertz CT molecular complexity index is 1070. The van der Waals surface area contributed by atoms with Crippen LogP contribution >= 0.6 is 0 Å². The lowest BCUT2D eigenvalue weighted by molar-refractivity contribution is 0.0963. The van der Waals surface area contributed by atoms with Gasteiger partial charge < -0.3 is 14.7 Å². The maximum Gasteiger partial charge on any atom is 0.414 e. The van der Waals surface area contributed by atoms with Crippen LogP contribution in [0.25, 0.3) is 22.6 Å². The number of rotatable bonds is 7. The molecule has 0 bridgehead atoms. The monoisotopic (exact) mass is 427 g/mol. The van der Waals surface area contributed by atoms with Crippen LogP contribution in [0.2, 0.25) is 0 Å². The SMILES string of the molecule is CN(C)CCn1nnc(-c2ccc(-c3ccc(N4C[C@H](CO)OC4=O)cc3F)cn2)n1. The molecule has 31 heavy (non-hydrogen) atoms. The summed E-state index contributed by atoms with van der Waals surface area (Å²) in [6.07, 6.45) is 0.324. The Hall–Kier alpha value is -3.44. The summed E-state index contributed by atoms with van der Waals surface area (Å²) in [7, 11) is 3.93. The zero-order valence-electron chi connectivity index (χ0n) is 17.1. The molecule has 11 heteroatoms. The standard InChI is InChI=1S/C20H22FN7O3/c1-26(2)7-8-28-24-19(23-25-28)18-6-3-13(10-22-18)16-5-4-14(9-17(16)21)27-11-15(12-29)31-20(27)30/h3-6,9-10,15,29H,7-8,11-12H2,1-2H3/t15-/m1/s1. The molecule has 1 amide bonds. The zero-order chi connectivity index (χ0) is 22.0. The van der Waals surface area contributed by atoms with Crippen LogP contribution in [0.1, 0.15) is 0 Å². The smallest absolute Gasteiger partial charge is 0.414 e. The van der Waals surface area contributed by atoms with Crippen molar-refractivity contribution in [1.82, 2.24) is 30.1 Å². The van der Waals surface area contributed by atoms with Crippen LogP contribution in [0.4, 0.5) is 14.9 Å². The predicted molar refractivity (Wildman–Crippen MR) is 110 cm³/mol. The molecule has 1 saturated heterocycles. The molecule has 2 aromatic heterocycles. The van der Waals surface area contributed by atoms with Crippen molar-refractivity contribution in [2.45, 2.75) is 12.6 Å². The zero-order valence-corrected chi connectivity index (χ0v) is 17.1. The largest absolute Gasteiger partial charge is 0.441 e. The molecule has 1 atom stereocenters. The summed E-state index contributed by atoms with van der Waals surface area (Å²) in [6, 6.07) is 7.91. The number of anilines is 1. The highest BCUT2D eigenvalue weighted by Gasteiger charge is 2.32. The first-order valence-corrected chi connectivity index (χ1v) is 9.72. The lowest BCUT2D eigenvalue weighted by Gasteiger charge is -2.14. The number of tetrazole rings is 1. The number of carbonyl (C=O) groups is 1. The summed E-state index contributed by atoms with van der Waals surface area (Å²) in [5.74, 6) is -0.104. The number of pyridine rings is 1. The van der Waals surface area contributed by atoms with Crippen molar-refractivity contribution >= 4 is 11.8 Å². The molecule has 1 fully saturated rings. The molecule has 0 saturated carbocycles. The fourth-order valence-electron chi connectivity index (χ4n) is 3.15. The molecule has 10 nitrogen and oxygen atoms in total. The fraction of sp³-hybridized carbons (Fsp3) is 0.350. The summed E-state index contributed by atoms with van der Waals surface area (Å²) in [5, 5.41) is 21.5. The summed E-state index contributed by atoms with van der Waals surface area (Å²) in [6.45, 7) is 1.29. The van der Waals surface area contributed by atoms with E-state index < -0.39 is 18.0 Å². The fourth-order valence-corrected chi connectivity index (χ4v) is 3.15. The van der Waals surface area contributed by atoms with Crippen molar-refractivity contribution in [3.63, 3.8) is 0 Å². The maximum atomic E-state index is 14.8. The van der Waals surface area contributed by atoms with Crippen molar-refractivity contribution in [1.29, 1.82) is 0 Å². The number of halogens is 1. The molecule has 162 valence electrons. The molecule has 1 aliphatic rings. The molecular weight excluding hydrogens is 405 g/mol. The van der Waals surface area contributed by atoms with Gasteiger partial charge in [0.25, 0.3) is 0 Å². The second-order valence-electron chi connectivity index (χ2n) is 7.41. The number of nitrogens with zero attached hydrogens (tertiary/aromatic N) is 7. The molecule has 0 spiro atoms. The van der Waals surface area contributed by atoms with Crippen molar-refractivity contribution in [3.8, 4) is 22.6 Å². The Morgan fingerprint density at radius 2 is 2.13 bits per heavy atom. The number of amides is 1. The summed E-state index contributed by atoms with van der Waals surface area (Å²) in [5.41, 5.74) is 1.82. The number of carbonyl (C=O) groups excluding carboxylic acids is 1. The van der Waals surface area contributed by atoms with E-state index in [9.17, 15) is 9.18 Å². The number of hydrogen-bond donors (Lipinski definition) is 1. The third-order valence-electron chi connectivity index (χ3n) is 4.85. The molecule has 3 aromatic rings. The minimum atomic E-state index is -0.610. The second-order valence-corrected chi connectivity index (χ2v) is 7.41. The molecule has 0 aliphatic carbocycles. The van der Waals surface area contributed by atoms with Gasteiger partial charge in [-0.1, -0.05) is 6.07 Å². The quantitative estimate of drug-likeness (QED) is 0.603. The molecule has 3 heterocycles. The highest BCUT2D eigenvalue weighted by Crippen LogP contribution is 2.29. The maximum absolute atomic E-state index is 14.8. The molecule has 4 rings (SSSR count). The Kier molecular flexibility index (Phi) is 5.87. The van der Waals surface area contributed by atoms with Gasteiger partial charge in [-0.15, -0.1) is 10.2 Å². The van der Waals surface area contributed by atoms with Crippen LogP contribution in [0.5, 0.6) is 0 Å². The normalized spacial score (nSPS) is 16.2. The molecule has 1 aromatic carbocycles. The van der Waals surface area contributed by atoms with Gasteiger partial charge in [0.1, 0.15) is 17.6 Å². The van der Waals surface area contributed by atoms with E-state index in [1.54, 1.807) is 30.5 Å². The van der Waals surface area contributed by atoms with E-state index >= 15 is 0 Å². The highest BCUT2D eigenvalue weighted by atomic mass is 19.1. The van der Waals surface area contributed by atoms with Crippen LogP contribution in [-0.4, -0.2) is 81.2 Å². The number of aliphatic hydroxyl groups is 1. The van der Waals surface area contributed by atoms with Gasteiger partial charge in [-0.2, -0.15) is 4.80 Å². The lowest BCUT2D eigenvalue weighted by atomic mass is 10.1. The van der Waals surface area contributed by atoms with Gasteiger partial charge >= 0.3 is 6.09 Å². The number of hydrogen-bond acceptors (Lipinski definition) is 8. The first-order valence-electron chi connectivity index (χ1n) is 9.72. The molecule has 1 aliphatic heterocycles. The van der Waals surface area contributed by atoms with Crippen LogP contribution in [-0.2, 0) is 11.3 Å². The third-order valence-corrected chi connectivity index (χ3v) is 4.85. The van der Waals surface area contributed by atoms with E-state index in [0.29, 0.717) is 34.9 Å². The van der Waals surface area contributed by atoms with Gasteiger partial charge in [-0.3, -0.25) is 9.88 Å². The number of aromatic nitrogens is 5. The third kappa shape index (κ3) is 4.52. The van der Waals surface area contributed by atoms with Gasteiger partial charge in [0.2, 0.25) is 5.82 Å². The number of cyclic esters (lactones) is 1. The summed E-state index contributed by atoms with van der Waals surface area (Å²) < 4.78 is 19.8. The van der Waals surface area contributed by atoms with Gasteiger partial charge in [0.05, 0.1) is 25.4 Å². The number of aliphatic hydroxyl groups excluding tert-OH is 1. The van der Waals surface area contributed by atoms with Crippen LogP contribution < -0.4 is 4.90 Å². The van der Waals surface area contributed by atoms with Gasteiger partial charge in [-0.25, -0.2) is 9.18 Å². The summed E-state index contributed by atoms with van der Waals surface area (Å²) in [4.78, 5) is 21.1. The Morgan fingerprint density at radius 1 is 1.29 bits per heavy atom. The molecule has 1 N–H and O–H groups in total. The average molecular weight is 427 g/mol. The highest BCUT2D eigenvalue weighted by molar-refractivity contribution is 5.90. The molecule has 0 unspecified atom stereocenters. The lowest BCUT2D eigenvalue weighted by Crippen LogP contribution is -2.25. The molecular formula is C20H22FN7O3. The van der Waals surface area contributed by atoms with Gasteiger partial charge in [0, 0.05) is 23.9 Å². The minimum absolute atomic E-state index is 0.173. The van der Waals surface area contributed by atoms with Crippen molar-refractivity contribution in [3.05, 3.63) is 42.3 Å². The second kappa shape index (κ2) is 8.74. The summed E-state index contributed by atoms with van der Waals surface area (Å²) >= 11 is 0. The number of ether oxygens (including phenoxy) is 1. The Labute approximate surface area is 177 Å². The van der Waals surface area contributed by atoms with Crippen molar-refractivity contribution in [2.75, 3.05) is 38.7 Å². The topological polar surface area (TPSA) is 110 Å². The van der Waals surface area contributed by atoms with E-state index in [2.05, 4.69) is 20.4 Å². The van der Waals surface area contributed by atoms with Gasteiger partial charge in [-0.05, 0) is 43.6 Å². The van der Waals surface area contributed by atoms with E-state index in [1.165, 1.54) is 15.8 Å². The first kappa shape index (κ1) is 20.8. The van der Waals surface area contributed by atoms with Crippen molar-refractivity contribution in [2.24, 2.45) is 0 Å². The van der Waals surface area contributed by atoms with Crippen LogP contribution in [0.3, 0.4) is 0 Å². The number of likely N-dealkylation sites (N-methyl/N-ethyl adjacent to an activating group) is 1. The first-order chi connectivity index (χ1) is 14.9. The van der Waals surface area contributed by atoms with E-state index in [0.717, 1.165) is 6.54 Å². The number of benzene rings is 1. The minimum Gasteiger partial charge on any atom is -0.441 e. The van der Waals surface area contributed by atoms with Gasteiger partial charge in [0.15, 0.2) is 0 Å². The average Bonchev–Trinajstić information content (AvgIpc) is 3.39. The van der Waals surface area contributed by atoms with Crippen LogP contribution in [0, 0.1) is 5.82 Å². The van der Waals surface area contributed by atoms with Crippen molar-refractivity contribution < 1.29 is 19.0 Å². The van der Waals surface area contributed by atoms with E-state index in [1.807, 2.05) is 19.0 Å².